The van der Waals surface area contributed by atoms with Crippen molar-refractivity contribution < 1.29 is 4.79 Å². The highest BCUT2D eigenvalue weighted by atomic mass is 16.1. The van der Waals surface area contributed by atoms with E-state index in [1.807, 2.05) is 0 Å². The Labute approximate surface area is 126 Å². The van der Waals surface area contributed by atoms with E-state index >= 15 is 0 Å². The van der Waals surface area contributed by atoms with Crippen LogP contribution in [-0.4, -0.2) is 5.78 Å². The maximum Gasteiger partial charge on any atom is 0.132 e. The van der Waals surface area contributed by atoms with E-state index in [2.05, 4.69) is 12.2 Å². The van der Waals surface area contributed by atoms with Crippen molar-refractivity contribution in [2.45, 2.75) is 103 Å². The molecule has 0 aromatic heterocycles. The van der Waals surface area contributed by atoms with Crippen LogP contribution in [-0.2, 0) is 4.79 Å². The predicted octanol–water partition coefficient (Wildman–Crippen LogP) is 6.37. The molecular weight excluding hydrogens is 244 g/mol. The number of hydrogen-bond donors (Lipinski definition) is 0. The molecule has 20 heavy (non-hydrogen) atoms. The highest BCUT2D eigenvalue weighted by Gasteiger charge is 2.02. The first kappa shape index (κ1) is 17.5. The summed E-state index contributed by atoms with van der Waals surface area (Å²) in [6.45, 7) is 0. The number of carbonyl (C=O) groups is 1. The van der Waals surface area contributed by atoms with Crippen LogP contribution in [0.1, 0.15) is 103 Å². The Morgan fingerprint density at radius 3 is 1.30 bits per heavy atom. The van der Waals surface area contributed by atoms with E-state index in [1.165, 1.54) is 77.0 Å². The van der Waals surface area contributed by atoms with E-state index in [0.717, 1.165) is 25.7 Å². The minimum atomic E-state index is 0.507. The summed E-state index contributed by atoms with van der Waals surface area (Å²) in [6.07, 6.45) is 24.4. The van der Waals surface area contributed by atoms with Gasteiger partial charge in [0, 0.05) is 12.8 Å². The predicted molar refractivity (Wildman–Crippen MR) is 88.0 cm³/mol. The van der Waals surface area contributed by atoms with Crippen molar-refractivity contribution >= 4 is 5.78 Å². The van der Waals surface area contributed by atoms with Gasteiger partial charge in [-0.3, -0.25) is 4.79 Å². The quantitative estimate of drug-likeness (QED) is 0.471. The Balaban J connectivity index is 2.15. The lowest BCUT2D eigenvalue weighted by molar-refractivity contribution is -0.119. The van der Waals surface area contributed by atoms with E-state index in [9.17, 15) is 4.79 Å². The van der Waals surface area contributed by atoms with Crippen LogP contribution in [0.3, 0.4) is 0 Å². The summed E-state index contributed by atoms with van der Waals surface area (Å²) < 4.78 is 0. The van der Waals surface area contributed by atoms with Gasteiger partial charge in [-0.25, -0.2) is 0 Å². The summed E-state index contributed by atoms with van der Waals surface area (Å²) in [4.78, 5) is 11.7. The van der Waals surface area contributed by atoms with Crippen LogP contribution in [0.2, 0.25) is 0 Å². The summed E-state index contributed by atoms with van der Waals surface area (Å²) >= 11 is 0. The molecule has 0 atom stereocenters. The number of ketones is 1. The third-order valence-corrected chi connectivity index (χ3v) is 4.32. The van der Waals surface area contributed by atoms with Crippen LogP contribution in [0.25, 0.3) is 0 Å². The van der Waals surface area contributed by atoms with Crippen LogP contribution in [0.4, 0.5) is 0 Å². The fraction of sp³-hybridized carbons (Fsp3) is 0.842. The van der Waals surface area contributed by atoms with Crippen LogP contribution in [0.5, 0.6) is 0 Å². The Morgan fingerprint density at radius 2 is 0.850 bits per heavy atom. The SMILES string of the molecule is O=C1CCCCCCCCC=CCCCCCCCC1. The largest absolute Gasteiger partial charge is 0.300 e. The van der Waals surface area contributed by atoms with Crippen LogP contribution in [0, 0.1) is 0 Å². The highest BCUT2D eigenvalue weighted by molar-refractivity contribution is 5.78. The van der Waals surface area contributed by atoms with Gasteiger partial charge in [0.15, 0.2) is 0 Å². The first-order chi connectivity index (χ1) is 9.89. The summed E-state index contributed by atoms with van der Waals surface area (Å²) in [5.41, 5.74) is 0. The van der Waals surface area contributed by atoms with Crippen molar-refractivity contribution in [3.63, 3.8) is 0 Å². The van der Waals surface area contributed by atoms with Gasteiger partial charge < -0.3 is 0 Å². The van der Waals surface area contributed by atoms with E-state index in [-0.39, 0.29) is 0 Å². The molecule has 0 heterocycles. The van der Waals surface area contributed by atoms with Gasteiger partial charge in [-0.1, -0.05) is 63.5 Å². The van der Waals surface area contributed by atoms with Gasteiger partial charge in [-0.05, 0) is 38.5 Å². The maximum atomic E-state index is 11.7. The molecule has 0 saturated carbocycles. The van der Waals surface area contributed by atoms with Gasteiger partial charge in [0.05, 0.1) is 0 Å². The van der Waals surface area contributed by atoms with Crippen molar-refractivity contribution in [1.29, 1.82) is 0 Å². The zero-order valence-electron chi connectivity index (χ0n) is 13.4. The van der Waals surface area contributed by atoms with Gasteiger partial charge in [-0.15, -0.1) is 0 Å². The standard InChI is InChI=1S/C19H34O/c20-19-17-15-13-11-9-7-5-3-1-2-4-6-8-10-12-14-16-18-19/h1-2H,3-18H2. The molecular formula is C19H34O. The maximum absolute atomic E-state index is 11.7. The van der Waals surface area contributed by atoms with Gasteiger partial charge in [0.1, 0.15) is 5.78 Å². The Morgan fingerprint density at radius 1 is 0.500 bits per heavy atom. The topological polar surface area (TPSA) is 17.1 Å². The molecule has 0 amide bonds. The number of allylic oxidation sites excluding steroid dienone is 2. The van der Waals surface area contributed by atoms with E-state index in [1.54, 1.807) is 0 Å². The molecule has 0 aromatic carbocycles. The van der Waals surface area contributed by atoms with Crippen molar-refractivity contribution in [2.75, 3.05) is 0 Å². The number of hydrogen-bond acceptors (Lipinski definition) is 1. The summed E-state index contributed by atoms with van der Waals surface area (Å²) in [5.74, 6) is 0.507. The van der Waals surface area contributed by atoms with E-state index in [4.69, 9.17) is 0 Å². The molecule has 0 fully saturated rings. The fourth-order valence-electron chi connectivity index (χ4n) is 2.94. The number of Topliss-reactive ketones (excluding diaryl/α,β-unsaturated/α-hetero) is 1. The molecule has 0 saturated heterocycles. The summed E-state index contributed by atoms with van der Waals surface area (Å²) in [5, 5.41) is 0. The average Bonchev–Trinajstić information content (AvgIpc) is 2.45. The van der Waals surface area contributed by atoms with Gasteiger partial charge in [-0.2, -0.15) is 0 Å². The number of carbonyl (C=O) groups excluding carboxylic acids is 1. The number of rotatable bonds is 0. The molecule has 1 nitrogen and oxygen atoms in total. The molecule has 0 unspecified atom stereocenters. The lowest BCUT2D eigenvalue weighted by Gasteiger charge is -2.02. The van der Waals surface area contributed by atoms with Crippen molar-refractivity contribution in [3.05, 3.63) is 12.2 Å². The average molecular weight is 278 g/mol. The second-order valence-corrected chi connectivity index (χ2v) is 6.33. The lowest BCUT2D eigenvalue weighted by atomic mass is 10.0. The molecule has 0 radical (unpaired) electrons. The minimum absolute atomic E-state index is 0.507. The molecule has 0 bridgehead atoms. The second kappa shape index (κ2) is 13.4. The fourth-order valence-corrected chi connectivity index (χ4v) is 2.94. The molecule has 1 aliphatic rings. The molecule has 1 aliphatic carbocycles. The van der Waals surface area contributed by atoms with E-state index < -0.39 is 0 Å². The monoisotopic (exact) mass is 278 g/mol. The van der Waals surface area contributed by atoms with Crippen LogP contribution < -0.4 is 0 Å². The first-order valence-electron chi connectivity index (χ1n) is 9.06. The summed E-state index contributed by atoms with van der Waals surface area (Å²) in [7, 11) is 0. The van der Waals surface area contributed by atoms with Gasteiger partial charge in [0.25, 0.3) is 0 Å². The van der Waals surface area contributed by atoms with Gasteiger partial charge in [0.2, 0.25) is 0 Å². The van der Waals surface area contributed by atoms with Crippen LogP contribution in [0.15, 0.2) is 12.2 Å². The molecule has 1 heteroatoms. The zero-order chi connectivity index (χ0) is 14.3. The van der Waals surface area contributed by atoms with Crippen molar-refractivity contribution in [1.82, 2.24) is 0 Å². The first-order valence-corrected chi connectivity index (χ1v) is 9.06. The third-order valence-electron chi connectivity index (χ3n) is 4.32. The van der Waals surface area contributed by atoms with Crippen molar-refractivity contribution in [2.24, 2.45) is 0 Å². The lowest BCUT2D eigenvalue weighted by Crippen LogP contribution is -1.97. The zero-order valence-corrected chi connectivity index (χ0v) is 13.4. The molecule has 0 aliphatic heterocycles. The smallest absolute Gasteiger partial charge is 0.132 e. The molecule has 0 N–H and O–H groups in total. The minimum Gasteiger partial charge on any atom is -0.300 e. The Bertz CT molecular complexity index is 230. The van der Waals surface area contributed by atoms with E-state index in [0.29, 0.717) is 5.78 Å². The Hall–Kier alpha value is -0.590. The molecule has 0 aromatic rings. The Kier molecular flexibility index (Phi) is 11.7. The molecule has 0 spiro atoms. The highest BCUT2D eigenvalue weighted by Crippen LogP contribution is 2.13. The second-order valence-electron chi connectivity index (χ2n) is 6.33. The third kappa shape index (κ3) is 11.3. The molecule has 1 rings (SSSR count). The van der Waals surface area contributed by atoms with Crippen LogP contribution >= 0.6 is 0 Å². The van der Waals surface area contributed by atoms with Gasteiger partial charge >= 0.3 is 0 Å². The molecule has 116 valence electrons. The van der Waals surface area contributed by atoms with Crippen molar-refractivity contribution in [3.8, 4) is 0 Å². The normalized spacial score (nSPS) is 22.7. The summed E-state index contributed by atoms with van der Waals surface area (Å²) in [6, 6.07) is 0.